The highest BCUT2D eigenvalue weighted by Crippen LogP contribution is 2.35. The summed E-state index contributed by atoms with van der Waals surface area (Å²) in [4.78, 5) is 10.4. The molecule has 3 nitrogen and oxygen atoms in total. The molecular weight excluding hydrogens is 310 g/mol. The van der Waals surface area contributed by atoms with Crippen molar-refractivity contribution >= 4 is 27.3 Å². The van der Waals surface area contributed by atoms with Gasteiger partial charge in [0.25, 0.3) is 0 Å². The minimum Gasteiger partial charge on any atom is -0.328 e. The normalized spacial score (nSPS) is 22.8. The van der Waals surface area contributed by atoms with E-state index < -0.39 is 0 Å². The molecular formula is C13H14BrN3S. The van der Waals surface area contributed by atoms with E-state index in [0.717, 1.165) is 34.5 Å². The van der Waals surface area contributed by atoms with Crippen LogP contribution in [0.25, 0.3) is 10.6 Å². The maximum Gasteiger partial charge on any atom is 0.132 e. The molecule has 5 heteroatoms. The second-order valence-electron chi connectivity index (χ2n) is 4.81. The number of nitrogens with two attached hydrogens (primary N) is 1. The molecule has 2 N–H and O–H groups in total. The predicted octanol–water partition coefficient (Wildman–Crippen LogP) is 3.48. The second kappa shape index (κ2) is 4.72. The van der Waals surface area contributed by atoms with Gasteiger partial charge >= 0.3 is 0 Å². The van der Waals surface area contributed by atoms with E-state index in [1.165, 1.54) is 4.88 Å². The average Bonchev–Trinajstić information content (AvgIpc) is 2.71. The zero-order valence-electron chi connectivity index (χ0n) is 10.1. The molecule has 0 bridgehead atoms. The summed E-state index contributed by atoms with van der Waals surface area (Å²) in [7, 11) is 0. The summed E-state index contributed by atoms with van der Waals surface area (Å²) >= 11 is 5.17. The lowest BCUT2D eigenvalue weighted by atomic mass is 9.80. The molecule has 1 aliphatic rings. The molecule has 0 aliphatic heterocycles. The molecule has 0 spiro atoms. The topological polar surface area (TPSA) is 51.8 Å². The number of thiophene rings is 1. The fourth-order valence-corrected chi connectivity index (χ4v) is 3.61. The van der Waals surface area contributed by atoms with Gasteiger partial charge in [-0.1, -0.05) is 0 Å². The lowest BCUT2D eigenvalue weighted by Gasteiger charge is -2.31. The van der Waals surface area contributed by atoms with Crippen LogP contribution in [0, 0.1) is 6.92 Å². The standard InChI is InChI=1S/C13H14BrN3S/c1-7-2-11(12-5-9(14)6-18-12)17-13(16-7)8-3-10(15)4-8/h2,5-6,8,10H,3-4,15H2,1H3. The average molecular weight is 324 g/mol. The number of rotatable bonds is 2. The Hall–Kier alpha value is -0.780. The van der Waals surface area contributed by atoms with E-state index >= 15 is 0 Å². The number of aryl methyl sites for hydroxylation is 1. The molecule has 0 unspecified atom stereocenters. The summed E-state index contributed by atoms with van der Waals surface area (Å²) in [6.07, 6.45) is 2.02. The molecule has 18 heavy (non-hydrogen) atoms. The third kappa shape index (κ3) is 2.35. The third-order valence-electron chi connectivity index (χ3n) is 3.23. The van der Waals surface area contributed by atoms with E-state index in [1.54, 1.807) is 11.3 Å². The summed E-state index contributed by atoms with van der Waals surface area (Å²) in [6, 6.07) is 4.47. The van der Waals surface area contributed by atoms with Gasteiger partial charge in [0.2, 0.25) is 0 Å². The highest BCUT2D eigenvalue weighted by atomic mass is 79.9. The maximum absolute atomic E-state index is 5.84. The Labute approximate surface area is 119 Å². The highest BCUT2D eigenvalue weighted by molar-refractivity contribution is 9.10. The molecule has 0 saturated heterocycles. The van der Waals surface area contributed by atoms with E-state index in [1.807, 2.05) is 13.0 Å². The molecule has 1 fully saturated rings. The molecule has 0 amide bonds. The van der Waals surface area contributed by atoms with Crippen LogP contribution in [0.5, 0.6) is 0 Å². The Bertz CT molecular complexity index is 575. The number of hydrogen-bond acceptors (Lipinski definition) is 4. The SMILES string of the molecule is Cc1cc(-c2cc(Br)cs2)nc(C2CC(N)C2)n1. The van der Waals surface area contributed by atoms with Gasteiger partial charge in [0.05, 0.1) is 10.6 Å². The van der Waals surface area contributed by atoms with Gasteiger partial charge in [-0.25, -0.2) is 9.97 Å². The minimum atomic E-state index is 0.332. The number of aromatic nitrogens is 2. The first-order valence-corrected chi connectivity index (χ1v) is 7.64. The van der Waals surface area contributed by atoms with E-state index in [-0.39, 0.29) is 0 Å². The fraction of sp³-hybridized carbons (Fsp3) is 0.385. The van der Waals surface area contributed by atoms with Gasteiger partial charge in [-0.2, -0.15) is 0 Å². The fourth-order valence-electron chi connectivity index (χ4n) is 2.22. The Morgan fingerprint density at radius 3 is 2.72 bits per heavy atom. The summed E-state index contributed by atoms with van der Waals surface area (Å²) in [6.45, 7) is 2.02. The number of hydrogen-bond donors (Lipinski definition) is 1. The van der Waals surface area contributed by atoms with Crippen LogP contribution in [0.15, 0.2) is 22.0 Å². The zero-order chi connectivity index (χ0) is 12.7. The van der Waals surface area contributed by atoms with Crippen molar-refractivity contribution < 1.29 is 0 Å². The van der Waals surface area contributed by atoms with Crippen molar-refractivity contribution in [2.45, 2.75) is 31.7 Å². The molecule has 1 aliphatic carbocycles. The summed E-state index contributed by atoms with van der Waals surface area (Å²) in [5, 5.41) is 2.08. The first-order valence-electron chi connectivity index (χ1n) is 5.97. The molecule has 3 rings (SSSR count). The number of nitrogens with zero attached hydrogens (tertiary/aromatic N) is 2. The van der Waals surface area contributed by atoms with Gasteiger partial charge in [0.1, 0.15) is 5.82 Å². The highest BCUT2D eigenvalue weighted by Gasteiger charge is 2.30. The lowest BCUT2D eigenvalue weighted by Crippen LogP contribution is -2.35. The first-order chi connectivity index (χ1) is 8.61. The van der Waals surface area contributed by atoms with Crippen LogP contribution in [0.1, 0.15) is 30.3 Å². The van der Waals surface area contributed by atoms with Crippen LogP contribution in [-0.4, -0.2) is 16.0 Å². The summed E-state index contributed by atoms with van der Waals surface area (Å²) in [5.74, 6) is 1.40. The molecule has 2 aromatic heterocycles. The Kier molecular flexibility index (Phi) is 3.21. The smallest absolute Gasteiger partial charge is 0.132 e. The van der Waals surface area contributed by atoms with Crippen molar-refractivity contribution in [2.24, 2.45) is 5.73 Å². The molecule has 2 heterocycles. The molecule has 0 atom stereocenters. The Morgan fingerprint density at radius 1 is 1.33 bits per heavy atom. The molecule has 94 valence electrons. The lowest BCUT2D eigenvalue weighted by molar-refractivity contribution is 0.338. The second-order valence-corrected chi connectivity index (χ2v) is 6.64. The van der Waals surface area contributed by atoms with Gasteiger partial charge in [-0.3, -0.25) is 0 Å². The van der Waals surface area contributed by atoms with Crippen molar-refractivity contribution in [1.29, 1.82) is 0 Å². The molecule has 1 saturated carbocycles. The van der Waals surface area contributed by atoms with Crippen LogP contribution < -0.4 is 5.73 Å². The molecule has 2 aromatic rings. The van der Waals surface area contributed by atoms with Crippen LogP contribution in [0.3, 0.4) is 0 Å². The van der Waals surface area contributed by atoms with Crippen LogP contribution in [0.4, 0.5) is 0 Å². The van der Waals surface area contributed by atoms with Crippen LogP contribution in [-0.2, 0) is 0 Å². The van der Waals surface area contributed by atoms with Gasteiger partial charge in [-0.15, -0.1) is 11.3 Å². The van der Waals surface area contributed by atoms with Crippen molar-refractivity contribution in [3.63, 3.8) is 0 Å². The Balaban J connectivity index is 1.95. The molecule has 0 aromatic carbocycles. The van der Waals surface area contributed by atoms with E-state index in [9.17, 15) is 0 Å². The van der Waals surface area contributed by atoms with E-state index in [2.05, 4.69) is 32.4 Å². The number of halogens is 1. The van der Waals surface area contributed by atoms with Gasteiger partial charge < -0.3 is 5.73 Å². The third-order valence-corrected chi connectivity index (χ3v) is 4.94. The van der Waals surface area contributed by atoms with Crippen molar-refractivity contribution in [2.75, 3.05) is 0 Å². The van der Waals surface area contributed by atoms with Crippen molar-refractivity contribution in [3.8, 4) is 10.6 Å². The van der Waals surface area contributed by atoms with Gasteiger partial charge in [0, 0.05) is 27.5 Å². The first kappa shape index (κ1) is 12.3. The zero-order valence-corrected chi connectivity index (χ0v) is 12.5. The monoisotopic (exact) mass is 323 g/mol. The van der Waals surface area contributed by atoms with Crippen molar-refractivity contribution in [1.82, 2.24) is 9.97 Å². The summed E-state index contributed by atoms with van der Waals surface area (Å²) in [5.41, 5.74) is 7.89. The maximum atomic E-state index is 5.84. The van der Waals surface area contributed by atoms with Gasteiger partial charge in [-0.05, 0) is 47.8 Å². The Morgan fingerprint density at radius 2 is 2.11 bits per heavy atom. The van der Waals surface area contributed by atoms with Crippen molar-refractivity contribution in [3.05, 3.63) is 33.5 Å². The van der Waals surface area contributed by atoms with E-state index in [4.69, 9.17) is 10.7 Å². The summed E-state index contributed by atoms with van der Waals surface area (Å²) < 4.78 is 1.10. The van der Waals surface area contributed by atoms with Gasteiger partial charge in [0.15, 0.2) is 0 Å². The molecule has 0 radical (unpaired) electrons. The van der Waals surface area contributed by atoms with Crippen LogP contribution >= 0.6 is 27.3 Å². The van der Waals surface area contributed by atoms with E-state index in [0.29, 0.717) is 12.0 Å². The minimum absolute atomic E-state index is 0.332. The quantitative estimate of drug-likeness (QED) is 0.920. The largest absolute Gasteiger partial charge is 0.328 e. The van der Waals surface area contributed by atoms with Crippen LogP contribution in [0.2, 0.25) is 0 Å². The predicted molar refractivity (Wildman–Crippen MR) is 77.7 cm³/mol.